The van der Waals surface area contributed by atoms with Crippen LogP contribution in [0.5, 0.6) is 0 Å². The summed E-state index contributed by atoms with van der Waals surface area (Å²) in [4.78, 5) is 0. The Morgan fingerprint density at radius 1 is 2.00 bits per heavy atom. The number of nitrogens with two attached hydrogens (primary N) is 1. The highest BCUT2D eigenvalue weighted by Gasteiger charge is 1.82. The predicted molar refractivity (Wildman–Crippen MR) is 20.2 cm³/mol. The normalized spacial score (nSPS) is 15.0. The van der Waals surface area contributed by atoms with E-state index in [1.54, 1.807) is 6.92 Å². The third kappa shape index (κ3) is 3.92. The SMILES string of the molecule is C[CH][C@@H](N)O. The average Bonchev–Trinajstić information content (AvgIpc) is 1.38. The van der Waals surface area contributed by atoms with Crippen molar-refractivity contribution in [3.63, 3.8) is 0 Å². The van der Waals surface area contributed by atoms with Gasteiger partial charge in [0.15, 0.2) is 0 Å². The van der Waals surface area contributed by atoms with E-state index in [1.165, 1.54) is 6.42 Å². The van der Waals surface area contributed by atoms with Crippen molar-refractivity contribution >= 4 is 0 Å². The summed E-state index contributed by atoms with van der Waals surface area (Å²) in [6.45, 7) is 1.70. The second-order valence-corrected chi connectivity index (χ2v) is 0.824. The molecule has 0 spiro atoms. The quantitative estimate of drug-likeness (QED) is 0.411. The molecule has 0 bridgehead atoms. The zero-order chi connectivity index (χ0) is 4.28. The summed E-state index contributed by atoms with van der Waals surface area (Å²) in [5.74, 6) is 0. The molecule has 0 aliphatic heterocycles. The minimum Gasteiger partial charge on any atom is -0.379 e. The minimum absolute atomic E-state index is 0.741. The molecule has 31 valence electrons. The molecule has 0 heterocycles. The third-order valence-electron chi connectivity index (χ3n) is 0.342. The Hall–Kier alpha value is -0.0800. The van der Waals surface area contributed by atoms with Gasteiger partial charge in [0, 0.05) is 6.42 Å². The van der Waals surface area contributed by atoms with Crippen LogP contribution in [0, 0.1) is 6.42 Å². The zero-order valence-corrected chi connectivity index (χ0v) is 3.18. The molecule has 0 rings (SSSR count). The first-order chi connectivity index (χ1) is 2.27. The van der Waals surface area contributed by atoms with Gasteiger partial charge in [-0.2, -0.15) is 0 Å². The Kier molecular flexibility index (Phi) is 2.14. The maximum atomic E-state index is 8.08. The molecule has 3 N–H and O–H groups in total. The van der Waals surface area contributed by atoms with E-state index in [1.807, 2.05) is 0 Å². The predicted octanol–water partition coefficient (Wildman–Crippen LogP) is -0.512. The first kappa shape index (κ1) is 4.92. The molecule has 0 aliphatic rings. The lowest BCUT2D eigenvalue weighted by Crippen LogP contribution is -2.16. The van der Waals surface area contributed by atoms with Crippen molar-refractivity contribution < 1.29 is 5.11 Å². The van der Waals surface area contributed by atoms with Crippen molar-refractivity contribution in [3.05, 3.63) is 6.42 Å². The summed E-state index contributed by atoms with van der Waals surface area (Å²) in [6.07, 6.45) is 0.759. The molecule has 1 atom stereocenters. The highest BCUT2D eigenvalue weighted by atomic mass is 16.3. The molecule has 0 amide bonds. The molecular weight excluding hydrogens is 66.0 g/mol. The lowest BCUT2D eigenvalue weighted by Gasteiger charge is -1.91. The smallest absolute Gasteiger partial charge is 0.105 e. The number of hydrogen-bond donors (Lipinski definition) is 2. The highest BCUT2D eigenvalue weighted by Crippen LogP contribution is 1.70. The van der Waals surface area contributed by atoms with Crippen molar-refractivity contribution in [1.29, 1.82) is 0 Å². The summed E-state index contributed by atoms with van der Waals surface area (Å²) in [5.41, 5.74) is 4.79. The zero-order valence-electron chi connectivity index (χ0n) is 3.18. The molecule has 1 radical (unpaired) electrons. The van der Waals surface area contributed by atoms with E-state index in [0.717, 1.165) is 0 Å². The van der Waals surface area contributed by atoms with Gasteiger partial charge in [0.1, 0.15) is 6.23 Å². The van der Waals surface area contributed by atoms with Crippen LogP contribution in [0.3, 0.4) is 0 Å². The van der Waals surface area contributed by atoms with Gasteiger partial charge in [-0.1, -0.05) is 6.92 Å². The van der Waals surface area contributed by atoms with E-state index < -0.39 is 6.23 Å². The number of aliphatic hydroxyl groups excluding tert-OH is 1. The van der Waals surface area contributed by atoms with E-state index in [4.69, 9.17) is 10.8 Å². The lowest BCUT2D eigenvalue weighted by molar-refractivity contribution is 0.215. The minimum atomic E-state index is -0.741. The lowest BCUT2D eigenvalue weighted by atomic mass is 10.5. The van der Waals surface area contributed by atoms with Crippen molar-refractivity contribution in [2.24, 2.45) is 5.73 Å². The van der Waals surface area contributed by atoms with Crippen LogP contribution in [0.15, 0.2) is 0 Å². The molecular formula is C3H8NO. The van der Waals surface area contributed by atoms with Gasteiger partial charge in [0.2, 0.25) is 0 Å². The van der Waals surface area contributed by atoms with E-state index in [-0.39, 0.29) is 0 Å². The Labute approximate surface area is 31.6 Å². The van der Waals surface area contributed by atoms with Crippen LogP contribution in [0.4, 0.5) is 0 Å². The number of hydrogen-bond acceptors (Lipinski definition) is 2. The molecule has 0 aromatic heterocycles. The summed E-state index contributed by atoms with van der Waals surface area (Å²) in [7, 11) is 0. The fourth-order valence-corrected chi connectivity index (χ4v) is 0. The first-order valence-corrected chi connectivity index (χ1v) is 1.50. The van der Waals surface area contributed by atoms with Crippen molar-refractivity contribution in [1.82, 2.24) is 0 Å². The monoisotopic (exact) mass is 74.1 g/mol. The van der Waals surface area contributed by atoms with Gasteiger partial charge in [0.05, 0.1) is 0 Å². The van der Waals surface area contributed by atoms with E-state index in [9.17, 15) is 0 Å². The Morgan fingerprint density at radius 2 is 2.20 bits per heavy atom. The molecule has 0 fully saturated rings. The summed E-state index contributed by atoms with van der Waals surface area (Å²) < 4.78 is 0. The Morgan fingerprint density at radius 3 is 2.20 bits per heavy atom. The van der Waals surface area contributed by atoms with Gasteiger partial charge >= 0.3 is 0 Å². The maximum absolute atomic E-state index is 8.08. The van der Waals surface area contributed by atoms with Crippen molar-refractivity contribution in [3.8, 4) is 0 Å². The van der Waals surface area contributed by atoms with Gasteiger partial charge in [-0.3, -0.25) is 0 Å². The van der Waals surface area contributed by atoms with E-state index in [2.05, 4.69) is 0 Å². The highest BCUT2D eigenvalue weighted by molar-refractivity contribution is 4.59. The van der Waals surface area contributed by atoms with Crippen LogP contribution in [0.25, 0.3) is 0 Å². The van der Waals surface area contributed by atoms with Gasteiger partial charge < -0.3 is 10.8 Å². The second kappa shape index (κ2) is 2.18. The van der Waals surface area contributed by atoms with Crippen LogP contribution in [-0.4, -0.2) is 11.3 Å². The topological polar surface area (TPSA) is 46.2 Å². The largest absolute Gasteiger partial charge is 0.379 e. The molecule has 0 aliphatic carbocycles. The average molecular weight is 74.1 g/mol. The van der Waals surface area contributed by atoms with Crippen LogP contribution in [-0.2, 0) is 0 Å². The molecule has 5 heavy (non-hydrogen) atoms. The molecule has 0 saturated heterocycles. The molecule has 0 unspecified atom stereocenters. The first-order valence-electron chi connectivity index (χ1n) is 1.50. The van der Waals surface area contributed by atoms with Crippen molar-refractivity contribution in [2.75, 3.05) is 0 Å². The van der Waals surface area contributed by atoms with Crippen LogP contribution >= 0.6 is 0 Å². The molecule has 2 heteroatoms. The Balaban J connectivity index is 2.54. The fraction of sp³-hybridized carbons (Fsp3) is 0.667. The molecule has 0 aromatic rings. The van der Waals surface area contributed by atoms with Crippen LogP contribution in [0.2, 0.25) is 0 Å². The third-order valence-corrected chi connectivity index (χ3v) is 0.342. The number of rotatable bonds is 1. The second-order valence-electron chi connectivity index (χ2n) is 0.824. The van der Waals surface area contributed by atoms with Crippen molar-refractivity contribution in [2.45, 2.75) is 13.2 Å². The summed E-state index contributed by atoms with van der Waals surface area (Å²) in [6, 6.07) is 0. The summed E-state index contributed by atoms with van der Waals surface area (Å²) in [5, 5.41) is 8.08. The van der Waals surface area contributed by atoms with Crippen LogP contribution in [0.1, 0.15) is 6.92 Å². The molecule has 0 aromatic carbocycles. The van der Waals surface area contributed by atoms with Crippen LogP contribution < -0.4 is 5.73 Å². The summed E-state index contributed by atoms with van der Waals surface area (Å²) >= 11 is 0. The standard InChI is InChI=1S/C3H8NO/c1-2-3(4)5/h2-3,5H,4H2,1H3/t3-/m0/s1. The number of aliphatic hydroxyl groups is 1. The van der Waals surface area contributed by atoms with Gasteiger partial charge in [-0.15, -0.1) is 0 Å². The van der Waals surface area contributed by atoms with E-state index >= 15 is 0 Å². The van der Waals surface area contributed by atoms with Gasteiger partial charge in [-0.05, 0) is 0 Å². The molecule has 0 saturated carbocycles. The van der Waals surface area contributed by atoms with Gasteiger partial charge in [-0.25, -0.2) is 0 Å². The van der Waals surface area contributed by atoms with E-state index in [0.29, 0.717) is 0 Å². The van der Waals surface area contributed by atoms with Gasteiger partial charge in [0.25, 0.3) is 0 Å². The fourth-order valence-electron chi connectivity index (χ4n) is 0. The Bertz CT molecular complexity index is 20.9. The molecule has 2 nitrogen and oxygen atoms in total. The maximum Gasteiger partial charge on any atom is 0.105 e.